The molecule has 0 spiro atoms. The number of carbonyl (C=O) groups is 1. The summed E-state index contributed by atoms with van der Waals surface area (Å²) >= 11 is 1.60. The van der Waals surface area contributed by atoms with Crippen LogP contribution in [0.4, 0.5) is 0 Å². The second kappa shape index (κ2) is 6.96. The Morgan fingerprint density at radius 2 is 2.35 bits per heavy atom. The summed E-state index contributed by atoms with van der Waals surface area (Å²) in [5.41, 5.74) is 1.27. The molecule has 1 aliphatic heterocycles. The number of hydrogen-bond donors (Lipinski definition) is 2. The summed E-state index contributed by atoms with van der Waals surface area (Å²) in [7, 11) is 0. The highest BCUT2D eigenvalue weighted by atomic mass is 32.2. The van der Waals surface area contributed by atoms with E-state index in [9.17, 15) is 9.90 Å². The van der Waals surface area contributed by atoms with Crippen LogP contribution in [0, 0.1) is 11.3 Å². The number of aliphatic hydroxyl groups excluding tert-OH is 1. The number of thioether (sulfide) groups is 1. The molecule has 1 aromatic heterocycles. The normalized spacial score (nSPS) is 19.4. The van der Waals surface area contributed by atoms with Crippen molar-refractivity contribution in [3.05, 3.63) is 42.1 Å². The molecule has 1 aliphatic rings. The lowest BCUT2D eigenvalue weighted by atomic mass is 10.1. The van der Waals surface area contributed by atoms with Crippen molar-refractivity contribution < 1.29 is 9.90 Å². The second-order valence-corrected chi connectivity index (χ2v) is 6.23. The molecule has 2 atom stereocenters. The van der Waals surface area contributed by atoms with Crippen LogP contribution in [-0.4, -0.2) is 51.3 Å². The zero-order valence-electron chi connectivity index (χ0n) is 12.3. The number of pyridine rings is 1. The Morgan fingerprint density at radius 3 is 3.17 bits per heavy atom. The number of nitriles is 1. The fraction of sp³-hybridized carbons (Fsp3) is 0.312. The van der Waals surface area contributed by atoms with Gasteiger partial charge in [0.1, 0.15) is 12.3 Å². The highest BCUT2D eigenvalue weighted by molar-refractivity contribution is 7.99. The number of hydrogen-bond acceptors (Lipinski definition) is 6. The zero-order valence-corrected chi connectivity index (χ0v) is 13.2. The summed E-state index contributed by atoms with van der Waals surface area (Å²) in [5, 5.41) is 22.7. The van der Waals surface area contributed by atoms with E-state index in [4.69, 9.17) is 5.26 Å². The number of nitrogens with zero attached hydrogens (tertiary/aromatic N) is 3. The van der Waals surface area contributed by atoms with Crippen LogP contribution in [0.15, 0.2) is 36.5 Å². The highest BCUT2D eigenvalue weighted by Crippen LogP contribution is 2.22. The van der Waals surface area contributed by atoms with Crippen LogP contribution < -0.4 is 5.32 Å². The summed E-state index contributed by atoms with van der Waals surface area (Å²) in [6, 6.07) is 10.9. The number of aromatic nitrogens is 1. The Balaban J connectivity index is 1.68. The van der Waals surface area contributed by atoms with Crippen molar-refractivity contribution in [1.29, 1.82) is 5.26 Å². The molecular weight excluding hydrogens is 312 g/mol. The SMILES string of the molecule is N#CC1CSCN1C(O)CNC(=O)c1ccnc2ccccc12. The smallest absolute Gasteiger partial charge is 0.252 e. The minimum absolute atomic E-state index is 0.0776. The van der Waals surface area contributed by atoms with Gasteiger partial charge < -0.3 is 10.4 Å². The number of amides is 1. The van der Waals surface area contributed by atoms with Gasteiger partial charge in [0.05, 0.1) is 23.7 Å². The molecule has 0 aliphatic carbocycles. The van der Waals surface area contributed by atoms with Crippen molar-refractivity contribution in [2.45, 2.75) is 12.3 Å². The standard InChI is InChI=1S/C16H16N4O2S/c17-7-11-9-23-10-20(11)15(21)8-19-16(22)13-5-6-18-14-4-2-1-3-12(13)14/h1-6,11,15,21H,8-10H2,(H,19,22). The van der Waals surface area contributed by atoms with Crippen LogP contribution in [0.2, 0.25) is 0 Å². The van der Waals surface area contributed by atoms with E-state index in [1.807, 2.05) is 24.3 Å². The summed E-state index contributed by atoms with van der Waals surface area (Å²) in [6.45, 7) is 0.0776. The first-order valence-electron chi connectivity index (χ1n) is 7.24. The molecule has 0 bridgehead atoms. The van der Waals surface area contributed by atoms with E-state index in [0.29, 0.717) is 17.2 Å². The number of carbonyl (C=O) groups excluding carboxylic acids is 1. The third kappa shape index (κ3) is 3.29. The number of aliphatic hydroxyl groups is 1. The maximum Gasteiger partial charge on any atom is 0.252 e. The van der Waals surface area contributed by atoms with Gasteiger partial charge in [0, 0.05) is 23.2 Å². The molecular formula is C16H16N4O2S. The van der Waals surface area contributed by atoms with E-state index in [1.54, 1.807) is 28.9 Å². The maximum absolute atomic E-state index is 12.4. The van der Waals surface area contributed by atoms with Gasteiger partial charge in [-0.25, -0.2) is 0 Å². The molecule has 2 heterocycles. The molecule has 1 amide bonds. The van der Waals surface area contributed by atoms with Crippen molar-refractivity contribution in [2.75, 3.05) is 18.2 Å². The molecule has 7 heteroatoms. The van der Waals surface area contributed by atoms with Crippen molar-refractivity contribution in [2.24, 2.45) is 0 Å². The largest absolute Gasteiger partial charge is 0.376 e. The quantitative estimate of drug-likeness (QED) is 0.876. The minimum atomic E-state index is -0.869. The van der Waals surface area contributed by atoms with Crippen molar-refractivity contribution in [1.82, 2.24) is 15.2 Å². The average molecular weight is 328 g/mol. The van der Waals surface area contributed by atoms with Crippen LogP contribution in [0.25, 0.3) is 10.9 Å². The summed E-state index contributed by atoms with van der Waals surface area (Å²) in [4.78, 5) is 18.3. The van der Waals surface area contributed by atoms with E-state index >= 15 is 0 Å². The van der Waals surface area contributed by atoms with Crippen molar-refractivity contribution in [3.63, 3.8) is 0 Å². The molecule has 2 unspecified atom stereocenters. The number of rotatable bonds is 4. The first kappa shape index (κ1) is 15.7. The van der Waals surface area contributed by atoms with Crippen LogP contribution in [0.5, 0.6) is 0 Å². The lowest BCUT2D eigenvalue weighted by Gasteiger charge is -2.24. The lowest BCUT2D eigenvalue weighted by molar-refractivity contribution is 0.0130. The molecule has 3 rings (SSSR count). The summed E-state index contributed by atoms with van der Waals surface area (Å²) < 4.78 is 0. The van der Waals surface area contributed by atoms with E-state index in [-0.39, 0.29) is 18.5 Å². The van der Waals surface area contributed by atoms with E-state index in [2.05, 4.69) is 16.4 Å². The highest BCUT2D eigenvalue weighted by Gasteiger charge is 2.30. The molecule has 1 aromatic carbocycles. The van der Waals surface area contributed by atoms with Gasteiger partial charge in [-0.15, -0.1) is 11.8 Å². The number of fused-ring (bicyclic) bond motifs is 1. The van der Waals surface area contributed by atoms with Crippen LogP contribution >= 0.6 is 11.8 Å². The average Bonchev–Trinajstić information content (AvgIpc) is 3.07. The Kier molecular flexibility index (Phi) is 4.76. The fourth-order valence-corrected chi connectivity index (χ4v) is 3.71. The molecule has 2 aromatic rings. The molecule has 1 fully saturated rings. The molecule has 0 radical (unpaired) electrons. The van der Waals surface area contributed by atoms with E-state index in [0.717, 1.165) is 10.9 Å². The predicted molar refractivity (Wildman–Crippen MR) is 88.6 cm³/mol. The monoisotopic (exact) mass is 328 g/mol. The van der Waals surface area contributed by atoms with Gasteiger partial charge >= 0.3 is 0 Å². The van der Waals surface area contributed by atoms with Crippen LogP contribution in [0.3, 0.4) is 0 Å². The third-order valence-corrected chi connectivity index (χ3v) is 4.82. The first-order valence-corrected chi connectivity index (χ1v) is 8.39. The minimum Gasteiger partial charge on any atom is -0.376 e. The Labute approximate surface area is 138 Å². The van der Waals surface area contributed by atoms with Crippen molar-refractivity contribution in [3.8, 4) is 6.07 Å². The van der Waals surface area contributed by atoms with Crippen molar-refractivity contribution >= 4 is 28.6 Å². The van der Waals surface area contributed by atoms with Gasteiger partial charge in [-0.2, -0.15) is 5.26 Å². The van der Waals surface area contributed by atoms with Crippen LogP contribution in [-0.2, 0) is 0 Å². The van der Waals surface area contributed by atoms with E-state index < -0.39 is 6.23 Å². The van der Waals surface area contributed by atoms with Gasteiger partial charge in [0.2, 0.25) is 0 Å². The summed E-state index contributed by atoms with van der Waals surface area (Å²) in [6.07, 6.45) is 0.725. The molecule has 6 nitrogen and oxygen atoms in total. The Morgan fingerprint density at radius 1 is 1.52 bits per heavy atom. The van der Waals surface area contributed by atoms with Gasteiger partial charge in [0.25, 0.3) is 5.91 Å². The molecule has 23 heavy (non-hydrogen) atoms. The van der Waals surface area contributed by atoms with Gasteiger partial charge in [0.15, 0.2) is 0 Å². The third-order valence-electron chi connectivity index (χ3n) is 3.79. The number of benzene rings is 1. The maximum atomic E-state index is 12.4. The molecule has 118 valence electrons. The number of nitrogens with one attached hydrogen (secondary N) is 1. The topological polar surface area (TPSA) is 89.3 Å². The first-order chi connectivity index (χ1) is 11.2. The van der Waals surface area contributed by atoms with Crippen LogP contribution in [0.1, 0.15) is 10.4 Å². The zero-order chi connectivity index (χ0) is 16.2. The predicted octanol–water partition coefficient (Wildman–Crippen LogP) is 1.18. The summed E-state index contributed by atoms with van der Waals surface area (Å²) in [5.74, 6) is 1.01. The van der Waals surface area contributed by atoms with Gasteiger partial charge in [-0.05, 0) is 12.1 Å². The second-order valence-electron chi connectivity index (χ2n) is 5.23. The Bertz CT molecular complexity index is 756. The van der Waals surface area contributed by atoms with Gasteiger partial charge in [-0.1, -0.05) is 18.2 Å². The molecule has 1 saturated heterocycles. The lowest BCUT2D eigenvalue weighted by Crippen LogP contribution is -2.46. The number of para-hydroxylation sites is 1. The molecule has 0 saturated carbocycles. The molecule has 2 N–H and O–H groups in total. The van der Waals surface area contributed by atoms with E-state index in [1.165, 1.54) is 0 Å². The fourth-order valence-electron chi connectivity index (χ4n) is 2.55. The Hall–Kier alpha value is -2.14. The van der Waals surface area contributed by atoms with Gasteiger partial charge in [-0.3, -0.25) is 14.7 Å².